The molecule has 1 aromatic heterocycles. The predicted molar refractivity (Wildman–Crippen MR) is 74.2 cm³/mol. The smallest absolute Gasteiger partial charge is 0.329 e. The first-order valence-corrected chi connectivity index (χ1v) is 7.60. The molecule has 0 spiro atoms. The van der Waals surface area contributed by atoms with Gasteiger partial charge in [-0.2, -0.15) is 4.98 Å². The topological polar surface area (TPSA) is 139 Å². The van der Waals surface area contributed by atoms with Crippen LogP contribution in [-0.2, 0) is 10.0 Å². The van der Waals surface area contributed by atoms with Crippen LogP contribution in [0.2, 0.25) is 0 Å². The molecule has 20 heavy (non-hydrogen) atoms. The van der Waals surface area contributed by atoms with Gasteiger partial charge in [0.1, 0.15) is 6.20 Å². The van der Waals surface area contributed by atoms with Gasteiger partial charge in [-0.15, -0.1) is 0 Å². The highest BCUT2D eigenvalue weighted by molar-refractivity contribution is 7.88. The zero-order valence-corrected chi connectivity index (χ0v) is 11.9. The van der Waals surface area contributed by atoms with E-state index in [9.17, 15) is 18.5 Å². The maximum absolute atomic E-state index is 10.8. The standard InChI is InChI=1S/C9H16N6O4S/c1-10-9-12-6-7(15(16)17)8(14-9)11-4-3-5-13-20(2,18)19/h6,13H,3-5H2,1-2H3,(H2,10,11,12,14). The van der Waals surface area contributed by atoms with Crippen molar-refractivity contribution in [1.82, 2.24) is 14.7 Å². The summed E-state index contributed by atoms with van der Waals surface area (Å²) < 4.78 is 24.0. The maximum atomic E-state index is 10.8. The molecule has 112 valence electrons. The third-order valence-corrected chi connectivity index (χ3v) is 2.93. The molecule has 0 radical (unpaired) electrons. The van der Waals surface area contributed by atoms with Crippen molar-refractivity contribution in [1.29, 1.82) is 0 Å². The first kappa shape index (κ1) is 16.0. The lowest BCUT2D eigenvalue weighted by atomic mass is 10.4. The third kappa shape index (κ3) is 5.32. The fourth-order valence-corrected chi connectivity index (χ4v) is 1.83. The minimum absolute atomic E-state index is 0.0914. The minimum Gasteiger partial charge on any atom is -0.364 e. The van der Waals surface area contributed by atoms with Crippen molar-refractivity contribution in [2.75, 3.05) is 37.0 Å². The highest BCUT2D eigenvalue weighted by atomic mass is 32.2. The molecule has 3 N–H and O–H groups in total. The third-order valence-electron chi connectivity index (χ3n) is 2.20. The summed E-state index contributed by atoms with van der Waals surface area (Å²) >= 11 is 0. The number of anilines is 2. The summed E-state index contributed by atoms with van der Waals surface area (Å²) in [6.07, 6.45) is 2.63. The summed E-state index contributed by atoms with van der Waals surface area (Å²) in [5.74, 6) is 0.348. The molecular weight excluding hydrogens is 288 g/mol. The van der Waals surface area contributed by atoms with Gasteiger partial charge < -0.3 is 10.6 Å². The molecule has 0 fully saturated rings. The monoisotopic (exact) mass is 304 g/mol. The first-order chi connectivity index (χ1) is 9.33. The number of hydrogen-bond acceptors (Lipinski definition) is 8. The SMILES string of the molecule is CNc1ncc([N+](=O)[O-])c(NCCCNS(C)(=O)=O)n1. The predicted octanol–water partition coefficient (Wildman–Crippen LogP) is -0.222. The molecule has 1 rings (SSSR count). The Labute approximate surface area is 116 Å². The van der Waals surface area contributed by atoms with E-state index >= 15 is 0 Å². The fraction of sp³-hybridized carbons (Fsp3) is 0.556. The van der Waals surface area contributed by atoms with E-state index in [1.54, 1.807) is 7.05 Å². The van der Waals surface area contributed by atoms with Gasteiger partial charge in [0.05, 0.1) is 11.2 Å². The molecule has 0 aliphatic heterocycles. The number of hydrogen-bond donors (Lipinski definition) is 3. The van der Waals surface area contributed by atoms with Crippen LogP contribution in [0.15, 0.2) is 6.20 Å². The van der Waals surface area contributed by atoms with Crippen LogP contribution in [0.5, 0.6) is 0 Å². The molecule has 0 aliphatic rings. The zero-order chi connectivity index (χ0) is 15.2. The minimum atomic E-state index is -3.22. The van der Waals surface area contributed by atoms with Crippen molar-refractivity contribution in [2.45, 2.75) is 6.42 Å². The van der Waals surface area contributed by atoms with Crippen LogP contribution < -0.4 is 15.4 Å². The molecule has 1 aromatic rings. The molecular formula is C9H16N6O4S. The van der Waals surface area contributed by atoms with Crippen molar-refractivity contribution in [3.8, 4) is 0 Å². The average Bonchev–Trinajstić information content (AvgIpc) is 2.36. The van der Waals surface area contributed by atoms with Gasteiger partial charge in [0, 0.05) is 20.1 Å². The Balaban J connectivity index is 2.60. The lowest BCUT2D eigenvalue weighted by Crippen LogP contribution is -2.24. The largest absolute Gasteiger partial charge is 0.364 e. The molecule has 0 bridgehead atoms. The van der Waals surface area contributed by atoms with E-state index < -0.39 is 14.9 Å². The Bertz CT molecular complexity index is 576. The van der Waals surface area contributed by atoms with E-state index in [2.05, 4.69) is 25.3 Å². The Morgan fingerprint density at radius 1 is 1.40 bits per heavy atom. The normalized spacial score (nSPS) is 11.1. The number of aromatic nitrogens is 2. The summed E-state index contributed by atoms with van der Waals surface area (Å²) in [5, 5.41) is 16.3. The van der Waals surface area contributed by atoms with Crippen molar-refractivity contribution < 1.29 is 13.3 Å². The Morgan fingerprint density at radius 2 is 2.10 bits per heavy atom. The lowest BCUT2D eigenvalue weighted by Gasteiger charge is -2.07. The Kier molecular flexibility index (Phi) is 5.58. The van der Waals surface area contributed by atoms with Gasteiger partial charge >= 0.3 is 5.69 Å². The number of nitrogens with zero attached hydrogens (tertiary/aromatic N) is 3. The van der Waals surface area contributed by atoms with Gasteiger partial charge in [-0.05, 0) is 6.42 Å². The Morgan fingerprint density at radius 3 is 2.65 bits per heavy atom. The lowest BCUT2D eigenvalue weighted by molar-refractivity contribution is -0.384. The molecule has 0 atom stereocenters. The number of rotatable bonds is 8. The molecule has 0 aromatic carbocycles. The highest BCUT2D eigenvalue weighted by Gasteiger charge is 2.16. The molecule has 0 unspecified atom stereocenters. The summed E-state index contributed by atoms with van der Waals surface area (Å²) in [6, 6.07) is 0. The molecule has 0 saturated carbocycles. The molecule has 0 aliphatic carbocycles. The van der Waals surface area contributed by atoms with Crippen LogP contribution in [0, 0.1) is 10.1 Å². The number of nitro groups is 1. The van der Waals surface area contributed by atoms with Gasteiger partial charge in [0.25, 0.3) is 0 Å². The zero-order valence-electron chi connectivity index (χ0n) is 11.1. The van der Waals surface area contributed by atoms with E-state index in [0.29, 0.717) is 13.0 Å². The van der Waals surface area contributed by atoms with Gasteiger partial charge in [-0.1, -0.05) is 0 Å². The second-order valence-electron chi connectivity index (χ2n) is 3.88. The summed E-state index contributed by atoms with van der Waals surface area (Å²) in [6.45, 7) is 0.577. The van der Waals surface area contributed by atoms with Crippen molar-refractivity contribution in [3.05, 3.63) is 16.3 Å². The quantitative estimate of drug-likeness (QED) is 0.340. The van der Waals surface area contributed by atoms with Crippen LogP contribution in [-0.4, -0.2) is 49.7 Å². The summed E-state index contributed by atoms with van der Waals surface area (Å²) in [4.78, 5) is 17.9. The van der Waals surface area contributed by atoms with Crippen LogP contribution in [0.3, 0.4) is 0 Å². The summed E-state index contributed by atoms with van der Waals surface area (Å²) in [5.41, 5.74) is -0.236. The van der Waals surface area contributed by atoms with Gasteiger partial charge in [-0.25, -0.2) is 18.1 Å². The fourth-order valence-electron chi connectivity index (χ4n) is 1.31. The average molecular weight is 304 g/mol. The van der Waals surface area contributed by atoms with E-state index in [1.807, 2.05) is 0 Å². The first-order valence-electron chi connectivity index (χ1n) is 5.71. The van der Waals surface area contributed by atoms with E-state index in [1.165, 1.54) is 0 Å². The van der Waals surface area contributed by atoms with Gasteiger partial charge in [-0.3, -0.25) is 10.1 Å². The van der Waals surface area contributed by atoms with Crippen LogP contribution in [0.1, 0.15) is 6.42 Å². The molecule has 10 nitrogen and oxygen atoms in total. The van der Waals surface area contributed by atoms with E-state index in [-0.39, 0.29) is 24.0 Å². The molecule has 11 heteroatoms. The van der Waals surface area contributed by atoms with E-state index in [0.717, 1.165) is 12.5 Å². The highest BCUT2D eigenvalue weighted by Crippen LogP contribution is 2.21. The van der Waals surface area contributed by atoms with Gasteiger partial charge in [0.15, 0.2) is 0 Å². The van der Waals surface area contributed by atoms with Crippen LogP contribution >= 0.6 is 0 Å². The van der Waals surface area contributed by atoms with E-state index in [4.69, 9.17) is 0 Å². The number of nitrogens with one attached hydrogen (secondary N) is 3. The number of sulfonamides is 1. The molecule has 0 amide bonds. The second kappa shape index (κ2) is 6.96. The van der Waals surface area contributed by atoms with Crippen molar-refractivity contribution in [2.24, 2.45) is 0 Å². The maximum Gasteiger partial charge on any atom is 0.329 e. The van der Waals surface area contributed by atoms with Gasteiger partial charge in [0.2, 0.25) is 21.8 Å². The van der Waals surface area contributed by atoms with Crippen molar-refractivity contribution in [3.63, 3.8) is 0 Å². The molecule has 1 heterocycles. The second-order valence-corrected chi connectivity index (χ2v) is 5.71. The van der Waals surface area contributed by atoms with Crippen LogP contribution in [0.4, 0.5) is 17.5 Å². The summed E-state index contributed by atoms with van der Waals surface area (Å²) in [7, 11) is -1.62. The van der Waals surface area contributed by atoms with Crippen LogP contribution in [0.25, 0.3) is 0 Å². The molecule has 0 saturated heterocycles. The Hall–Kier alpha value is -2.01. The van der Waals surface area contributed by atoms with Crippen molar-refractivity contribution >= 4 is 27.5 Å².